The van der Waals surface area contributed by atoms with Crippen LogP contribution in [0.1, 0.15) is 5.56 Å². The van der Waals surface area contributed by atoms with E-state index in [-0.39, 0.29) is 0 Å². The topological polar surface area (TPSA) is 57.0 Å². The van der Waals surface area contributed by atoms with E-state index < -0.39 is 5.97 Å². The second-order valence-electron chi connectivity index (χ2n) is 4.57. The third kappa shape index (κ3) is 2.53. The molecule has 1 heterocycles. The van der Waals surface area contributed by atoms with Gasteiger partial charge in [0.05, 0.1) is 0 Å². The van der Waals surface area contributed by atoms with Gasteiger partial charge in [-0.15, -0.1) is 15.0 Å². The third-order valence-corrected chi connectivity index (χ3v) is 2.99. The Hall–Kier alpha value is -2.95. The summed E-state index contributed by atoms with van der Waals surface area (Å²) in [5, 5.41) is 8.81. The molecule has 0 bridgehead atoms. The number of hydrogen-bond acceptors (Lipinski definition) is 4. The van der Waals surface area contributed by atoms with Crippen molar-refractivity contribution in [1.82, 2.24) is 15.0 Å². The average molecular weight is 279 g/mol. The highest BCUT2D eigenvalue weighted by atomic mass is 16.5. The normalized spacial score (nSPS) is 10.5. The molecule has 0 fully saturated rings. The molecule has 21 heavy (non-hydrogen) atoms. The van der Waals surface area contributed by atoms with Crippen LogP contribution >= 0.6 is 0 Å². The number of nitrogens with zero attached hydrogens (tertiary/aromatic N) is 3. The number of ether oxygens (including phenoxy) is 1. The molecule has 5 nitrogen and oxygen atoms in total. The highest BCUT2D eigenvalue weighted by Crippen LogP contribution is 2.24. The van der Waals surface area contributed by atoms with Gasteiger partial charge in [0, 0.05) is 6.08 Å². The molecule has 0 amide bonds. The lowest BCUT2D eigenvalue weighted by molar-refractivity contribution is -0.128. The maximum absolute atomic E-state index is 11.4. The van der Waals surface area contributed by atoms with Crippen molar-refractivity contribution < 1.29 is 9.53 Å². The fraction of sp³-hybridized carbons (Fsp3) is 0.0625. The number of carbonyl (C=O) groups excluding carboxylic acids is 1. The standard InChI is InChI=1S/C16H13N3O2/c1-3-16(20)21-15-9-8-11(2)10-14(15)19-17-12-6-4-5-7-13(12)18-19/h3-10H,1H2,2H3. The zero-order valence-electron chi connectivity index (χ0n) is 11.5. The maximum Gasteiger partial charge on any atom is 0.335 e. The van der Waals surface area contributed by atoms with Gasteiger partial charge in [-0.1, -0.05) is 24.8 Å². The molecule has 0 unspecified atom stereocenters. The van der Waals surface area contributed by atoms with Crippen molar-refractivity contribution in [3.05, 3.63) is 60.7 Å². The van der Waals surface area contributed by atoms with Gasteiger partial charge in [0.2, 0.25) is 0 Å². The molecule has 0 N–H and O–H groups in total. The Morgan fingerprint density at radius 1 is 1.19 bits per heavy atom. The summed E-state index contributed by atoms with van der Waals surface area (Å²) in [5.41, 5.74) is 3.19. The molecule has 0 aliphatic rings. The highest BCUT2D eigenvalue weighted by Gasteiger charge is 2.12. The Morgan fingerprint density at radius 3 is 2.48 bits per heavy atom. The first kappa shape index (κ1) is 13.1. The summed E-state index contributed by atoms with van der Waals surface area (Å²) >= 11 is 0. The van der Waals surface area contributed by atoms with Gasteiger partial charge in [0.1, 0.15) is 16.7 Å². The van der Waals surface area contributed by atoms with E-state index in [0.29, 0.717) is 11.4 Å². The second-order valence-corrected chi connectivity index (χ2v) is 4.57. The Balaban J connectivity index is 2.13. The average Bonchev–Trinajstić information content (AvgIpc) is 2.92. The molecule has 0 saturated heterocycles. The summed E-state index contributed by atoms with van der Waals surface area (Å²) in [6.45, 7) is 5.35. The lowest BCUT2D eigenvalue weighted by Gasteiger charge is -2.08. The Kier molecular flexibility index (Phi) is 3.23. The fourth-order valence-electron chi connectivity index (χ4n) is 1.99. The van der Waals surface area contributed by atoms with Crippen LogP contribution in [0.5, 0.6) is 5.75 Å². The van der Waals surface area contributed by atoms with Gasteiger partial charge in [-0.2, -0.15) is 0 Å². The number of esters is 1. The smallest absolute Gasteiger partial charge is 0.335 e. The number of benzene rings is 2. The lowest BCUT2D eigenvalue weighted by atomic mass is 10.2. The summed E-state index contributed by atoms with van der Waals surface area (Å²) in [6.07, 6.45) is 1.12. The number of carbonyl (C=O) groups is 1. The predicted octanol–water partition coefficient (Wildman–Crippen LogP) is 2.82. The summed E-state index contributed by atoms with van der Waals surface area (Å²) < 4.78 is 5.24. The summed E-state index contributed by atoms with van der Waals surface area (Å²) in [5.74, 6) is -0.123. The molecule has 0 aliphatic heterocycles. The van der Waals surface area contributed by atoms with Crippen LogP contribution in [0.3, 0.4) is 0 Å². The van der Waals surface area contributed by atoms with Crippen molar-refractivity contribution >= 4 is 17.0 Å². The quantitative estimate of drug-likeness (QED) is 0.420. The van der Waals surface area contributed by atoms with E-state index in [0.717, 1.165) is 22.7 Å². The van der Waals surface area contributed by atoms with E-state index in [1.54, 1.807) is 6.07 Å². The van der Waals surface area contributed by atoms with Crippen molar-refractivity contribution in [3.8, 4) is 11.4 Å². The van der Waals surface area contributed by atoms with Gasteiger partial charge in [0.15, 0.2) is 5.75 Å². The number of hydrogen-bond donors (Lipinski definition) is 0. The van der Waals surface area contributed by atoms with E-state index in [9.17, 15) is 4.79 Å². The molecule has 1 aromatic heterocycles. The molecule has 104 valence electrons. The minimum atomic E-state index is -0.517. The zero-order valence-corrected chi connectivity index (χ0v) is 11.5. The van der Waals surface area contributed by atoms with Crippen LogP contribution in [0.15, 0.2) is 55.1 Å². The van der Waals surface area contributed by atoms with Gasteiger partial charge in [-0.3, -0.25) is 0 Å². The van der Waals surface area contributed by atoms with Crippen LogP contribution in [0.4, 0.5) is 0 Å². The van der Waals surface area contributed by atoms with E-state index >= 15 is 0 Å². The van der Waals surface area contributed by atoms with Gasteiger partial charge in [-0.25, -0.2) is 4.79 Å². The van der Waals surface area contributed by atoms with Crippen LogP contribution in [-0.2, 0) is 4.79 Å². The number of aryl methyl sites for hydroxylation is 1. The second kappa shape index (κ2) is 5.20. The zero-order chi connectivity index (χ0) is 14.8. The molecule has 2 aromatic carbocycles. The first-order valence-corrected chi connectivity index (χ1v) is 6.45. The first-order valence-electron chi connectivity index (χ1n) is 6.45. The van der Waals surface area contributed by atoms with E-state index in [2.05, 4.69) is 16.8 Å². The molecular formula is C16H13N3O2. The number of aromatic nitrogens is 3. The summed E-state index contributed by atoms with van der Waals surface area (Å²) in [7, 11) is 0. The predicted molar refractivity (Wildman–Crippen MR) is 79.4 cm³/mol. The van der Waals surface area contributed by atoms with E-state index in [1.165, 1.54) is 4.80 Å². The fourth-order valence-corrected chi connectivity index (χ4v) is 1.99. The maximum atomic E-state index is 11.4. The Bertz CT molecular complexity index is 803. The highest BCUT2D eigenvalue weighted by molar-refractivity contribution is 5.84. The largest absolute Gasteiger partial charge is 0.421 e. The lowest BCUT2D eigenvalue weighted by Crippen LogP contribution is -2.08. The van der Waals surface area contributed by atoms with E-state index in [1.807, 2.05) is 43.3 Å². The van der Waals surface area contributed by atoms with Crippen LogP contribution in [0.2, 0.25) is 0 Å². The molecular weight excluding hydrogens is 266 g/mol. The molecule has 0 saturated carbocycles. The molecule has 5 heteroatoms. The Morgan fingerprint density at radius 2 is 1.86 bits per heavy atom. The summed E-state index contributed by atoms with van der Waals surface area (Å²) in [6, 6.07) is 13.0. The van der Waals surface area contributed by atoms with Crippen LogP contribution < -0.4 is 4.74 Å². The van der Waals surface area contributed by atoms with E-state index in [4.69, 9.17) is 4.74 Å². The molecule has 0 radical (unpaired) electrons. The monoisotopic (exact) mass is 279 g/mol. The van der Waals surface area contributed by atoms with Crippen LogP contribution in [0.25, 0.3) is 16.7 Å². The van der Waals surface area contributed by atoms with Crippen molar-refractivity contribution in [2.24, 2.45) is 0 Å². The number of fused-ring (bicyclic) bond motifs is 1. The van der Waals surface area contributed by atoms with Crippen molar-refractivity contribution in [2.45, 2.75) is 6.92 Å². The molecule has 0 atom stereocenters. The van der Waals surface area contributed by atoms with Crippen molar-refractivity contribution in [3.63, 3.8) is 0 Å². The van der Waals surface area contributed by atoms with Crippen molar-refractivity contribution in [2.75, 3.05) is 0 Å². The van der Waals surface area contributed by atoms with Crippen LogP contribution in [-0.4, -0.2) is 21.0 Å². The first-order chi connectivity index (χ1) is 10.2. The Labute approximate surface area is 121 Å². The SMILES string of the molecule is C=CC(=O)Oc1ccc(C)cc1-n1nc2ccccc2n1. The molecule has 0 aliphatic carbocycles. The number of rotatable bonds is 3. The van der Waals surface area contributed by atoms with Crippen molar-refractivity contribution in [1.29, 1.82) is 0 Å². The third-order valence-electron chi connectivity index (χ3n) is 2.99. The summed E-state index contributed by atoms with van der Waals surface area (Å²) in [4.78, 5) is 12.9. The minimum Gasteiger partial charge on any atom is -0.421 e. The molecule has 3 rings (SSSR count). The van der Waals surface area contributed by atoms with Gasteiger partial charge in [0.25, 0.3) is 0 Å². The van der Waals surface area contributed by atoms with Crippen LogP contribution in [0, 0.1) is 6.92 Å². The van der Waals surface area contributed by atoms with Gasteiger partial charge < -0.3 is 4.74 Å². The minimum absolute atomic E-state index is 0.394. The van der Waals surface area contributed by atoms with Gasteiger partial charge in [-0.05, 0) is 36.8 Å². The molecule has 3 aromatic rings. The van der Waals surface area contributed by atoms with Gasteiger partial charge >= 0.3 is 5.97 Å². The molecule has 0 spiro atoms.